The van der Waals surface area contributed by atoms with Crippen LogP contribution in [0.25, 0.3) is 38.4 Å². The minimum atomic E-state index is 1.27. The van der Waals surface area contributed by atoms with Crippen molar-refractivity contribution in [3.05, 3.63) is 65.7 Å². The second-order valence-corrected chi connectivity index (χ2v) is 5.56. The molecule has 0 aliphatic rings. The van der Waals surface area contributed by atoms with E-state index in [9.17, 15) is 0 Å². The number of rotatable bonds is 1. The van der Waals surface area contributed by atoms with Gasteiger partial charge in [-0.3, -0.25) is 0 Å². The third kappa shape index (κ3) is 1.55. The molecular formula is C20H16. The lowest BCUT2D eigenvalue weighted by Gasteiger charge is -2.12. The standard InChI is InChI=1S/C20H16/c1-3-4-14-11-17-7-5-15-9-13(2)10-16-6-8-18(12-14)20(17)19(15)16/h3-12H,1-2H3/b4-3+. The molecule has 4 rings (SSSR count). The van der Waals surface area contributed by atoms with Gasteiger partial charge in [0.15, 0.2) is 0 Å². The van der Waals surface area contributed by atoms with E-state index in [1.807, 2.05) is 0 Å². The van der Waals surface area contributed by atoms with E-state index >= 15 is 0 Å². The van der Waals surface area contributed by atoms with Crippen molar-refractivity contribution >= 4 is 38.4 Å². The fourth-order valence-electron chi connectivity index (χ4n) is 3.31. The van der Waals surface area contributed by atoms with E-state index < -0.39 is 0 Å². The van der Waals surface area contributed by atoms with Crippen molar-refractivity contribution in [1.82, 2.24) is 0 Å². The smallest absolute Gasteiger partial charge is 0.00264 e. The largest absolute Gasteiger partial charge is 0.0871 e. The van der Waals surface area contributed by atoms with Gasteiger partial charge < -0.3 is 0 Å². The molecule has 0 fully saturated rings. The Balaban J connectivity index is 2.26. The van der Waals surface area contributed by atoms with Crippen molar-refractivity contribution in [2.75, 3.05) is 0 Å². The zero-order chi connectivity index (χ0) is 13.7. The summed E-state index contributed by atoms with van der Waals surface area (Å²) in [6.45, 7) is 4.23. The highest BCUT2D eigenvalue weighted by atomic mass is 14.1. The Kier molecular flexibility index (Phi) is 2.34. The maximum atomic E-state index is 2.28. The van der Waals surface area contributed by atoms with Crippen LogP contribution in [-0.4, -0.2) is 0 Å². The minimum Gasteiger partial charge on any atom is -0.0871 e. The zero-order valence-electron chi connectivity index (χ0n) is 11.8. The molecule has 96 valence electrons. The zero-order valence-corrected chi connectivity index (χ0v) is 11.8. The molecule has 0 nitrogen and oxygen atoms in total. The summed E-state index contributed by atoms with van der Waals surface area (Å²) in [5.41, 5.74) is 2.60. The van der Waals surface area contributed by atoms with E-state index in [-0.39, 0.29) is 0 Å². The number of hydrogen-bond donors (Lipinski definition) is 0. The highest BCUT2D eigenvalue weighted by molar-refractivity contribution is 6.23. The Labute approximate surface area is 118 Å². The monoisotopic (exact) mass is 256 g/mol. The number of aryl methyl sites for hydroxylation is 1. The quantitative estimate of drug-likeness (QED) is 0.370. The average Bonchev–Trinajstić information content (AvgIpc) is 2.44. The van der Waals surface area contributed by atoms with Gasteiger partial charge >= 0.3 is 0 Å². The van der Waals surface area contributed by atoms with Gasteiger partial charge in [0.25, 0.3) is 0 Å². The molecule has 0 spiro atoms. The summed E-state index contributed by atoms with van der Waals surface area (Å²) < 4.78 is 0. The maximum Gasteiger partial charge on any atom is -0.00264 e. The van der Waals surface area contributed by atoms with E-state index in [2.05, 4.69) is 74.5 Å². The number of allylic oxidation sites excluding steroid dienone is 1. The molecule has 0 heteroatoms. The van der Waals surface area contributed by atoms with Crippen LogP contribution in [0.3, 0.4) is 0 Å². The fraction of sp³-hybridized carbons (Fsp3) is 0.100. The summed E-state index contributed by atoms with van der Waals surface area (Å²) in [4.78, 5) is 0. The van der Waals surface area contributed by atoms with Crippen molar-refractivity contribution in [3.8, 4) is 0 Å². The molecule has 20 heavy (non-hydrogen) atoms. The molecule has 0 radical (unpaired) electrons. The van der Waals surface area contributed by atoms with Crippen LogP contribution < -0.4 is 0 Å². The molecule has 0 aliphatic heterocycles. The second kappa shape index (κ2) is 4.08. The van der Waals surface area contributed by atoms with Crippen LogP contribution in [-0.2, 0) is 0 Å². The van der Waals surface area contributed by atoms with Gasteiger partial charge in [-0.1, -0.05) is 48.6 Å². The van der Waals surface area contributed by atoms with Gasteiger partial charge in [-0.05, 0) is 69.4 Å². The van der Waals surface area contributed by atoms with Crippen molar-refractivity contribution in [2.24, 2.45) is 0 Å². The summed E-state index contributed by atoms with van der Waals surface area (Å²) in [5.74, 6) is 0. The first-order chi connectivity index (χ1) is 9.76. The van der Waals surface area contributed by atoms with Crippen LogP contribution in [0, 0.1) is 6.92 Å². The van der Waals surface area contributed by atoms with Crippen LogP contribution in [0.2, 0.25) is 0 Å². The summed E-state index contributed by atoms with van der Waals surface area (Å²) in [7, 11) is 0. The first-order valence-electron chi connectivity index (χ1n) is 7.08. The van der Waals surface area contributed by atoms with E-state index in [0.717, 1.165) is 0 Å². The molecule has 4 aromatic carbocycles. The number of hydrogen-bond acceptors (Lipinski definition) is 0. The molecule has 0 unspecified atom stereocenters. The van der Waals surface area contributed by atoms with Crippen LogP contribution >= 0.6 is 0 Å². The first kappa shape index (κ1) is 11.5. The predicted octanol–water partition coefficient (Wildman–Crippen LogP) is 5.93. The summed E-state index contributed by atoms with van der Waals surface area (Å²) >= 11 is 0. The fourth-order valence-corrected chi connectivity index (χ4v) is 3.31. The Morgan fingerprint density at radius 1 is 0.700 bits per heavy atom. The Morgan fingerprint density at radius 3 is 1.60 bits per heavy atom. The number of benzene rings is 4. The van der Waals surface area contributed by atoms with E-state index in [1.165, 1.54) is 43.4 Å². The van der Waals surface area contributed by atoms with E-state index in [4.69, 9.17) is 0 Å². The minimum absolute atomic E-state index is 1.27. The van der Waals surface area contributed by atoms with Crippen molar-refractivity contribution in [1.29, 1.82) is 0 Å². The van der Waals surface area contributed by atoms with Gasteiger partial charge in [0, 0.05) is 0 Å². The Hall–Kier alpha value is -2.34. The molecule has 0 amide bonds. The van der Waals surface area contributed by atoms with Gasteiger partial charge in [-0.2, -0.15) is 0 Å². The second-order valence-electron chi connectivity index (χ2n) is 5.56. The molecule has 0 atom stereocenters. The highest BCUT2D eigenvalue weighted by Crippen LogP contribution is 2.35. The van der Waals surface area contributed by atoms with E-state index in [0.29, 0.717) is 0 Å². The van der Waals surface area contributed by atoms with Crippen LogP contribution in [0.4, 0.5) is 0 Å². The van der Waals surface area contributed by atoms with Gasteiger partial charge in [0.05, 0.1) is 0 Å². The predicted molar refractivity (Wildman–Crippen MR) is 89.6 cm³/mol. The molecule has 0 heterocycles. The third-order valence-electron chi connectivity index (χ3n) is 4.06. The maximum absolute atomic E-state index is 2.28. The molecule has 4 aromatic rings. The van der Waals surface area contributed by atoms with Crippen molar-refractivity contribution in [3.63, 3.8) is 0 Å². The van der Waals surface area contributed by atoms with Crippen molar-refractivity contribution < 1.29 is 0 Å². The lowest BCUT2D eigenvalue weighted by molar-refractivity contribution is 1.52. The van der Waals surface area contributed by atoms with Crippen LogP contribution in [0.5, 0.6) is 0 Å². The molecule has 0 saturated heterocycles. The lowest BCUT2D eigenvalue weighted by Crippen LogP contribution is -1.86. The van der Waals surface area contributed by atoms with Gasteiger partial charge in [-0.15, -0.1) is 0 Å². The van der Waals surface area contributed by atoms with Gasteiger partial charge in [-0.25, -0.2) is 0 Å². The highest BCUT2D eigenvalue weighted by Gasteiger charge is 2.08. The summed E-state index contributed by atoms with van der Waals surface area (Å²) in [6, 6.07) is 18.1. The average molecular weight is 256 g/mol. The Morgan fingerprint density at radius 2 is 1.15 bits per heavy atom. The topological polar surface area (TPSA) is 0 Å². The van der Waals surface area contributed by atoms with Gasteiger partial charge in [0.1, 0.15) is 0 Å². The van der Waals surface area contributed by atoms with Crippen LogP contribution in [0.1, 0.15) is 18.1 Å². The molecule has 0 aliphatic carbocycles. The summed E-state index contributed by atoms with van der Waals surface area (Å²) in [6.07, 6.45) is 4.26. The molecule has 0 N–H and O–H groups in total. The van der Waals surface area contributed by atoms with E-state index in [1.54, 1.807) is 0 Å². The lowest BCUT2D eigenvalue weighted by atomic mass is 9.92. The van der Waals surface area contributed by atoms with Crippen molar-refractivity contribution in [2.45, 2.75) is 13.8 Å². The molecule has 0 saturated carbocycles. The molecular weight excluding hydrogens is 240 g/mol. The Bertz CT molecular complexity index is 891. The van der Waals surface area contributed by atoms with Gasteiger partial charge in [0.2, 0.25) is 0 Å². The third-order valence-corrected chi connectivity index (χ3v) is 4.06. The molecule has 0 bridgehead atoms. The normalized spacial score (nSPS) is 12.3. The van der Waals surface area contributed by atoms with Crippen LogP contribution in [0.15, 0.2) is 54.6 Å². The summed E-state index contributed by atoms with van der Waals surface area (Å²) in [5, 5.41) is 8.15. The first-order valence-corrected chi connectivity index (χ1v) is 7.08. The SMILES string of the molecule is C/C=C/c1cc2ccc3cc(C)cc4ccc(c1)c2c34. The molecule has 0 aromatic heterocycles.